The summed E-state index contributed by atoms with van der Waals surface area (Å²) in [5.41, 5.74) is 1.49. The number of amides is 2. The fourth-order valence-corrected chi connectivity index (χ4v) is 5.61. The number of benzene rings is 2. The average Bonchev–Trinajstić information content (AvgIpc) is 2.81. The van der Waals surface area contributed by atoms with Crippen molar-refractivity contribution >= 4 is 34.3 Å². The SMILES string of the molecule is C=C1CS(=O)[C@@H]2[C@H](NC(=O)Cc3ccccc3)C(=O)N2[C@H]1C(=O)OCc1ccc([N+](=O)[O-])cc1. The van der Waals surface area contributed by atoms with E-state index in [1.165, 1.54) is 24.3 Å². The number of fused-ring (bicyclic) bond motifs is 1. The molecule has 1 unspecified atom stereocenters. The van der Waals surface area contributed by atoms with Crippen molar-refractivity contribution in [2.24, 2.45) is 0 Å². The van der Waals surface area contributed by atoms with E-state index < -0.39 is 45.1 Å². The molecule has 2 heterocycles. The molecule has 2 fully saturated rings. The van der Waals surface area contributed by atoms with Crippen LogP contribution in [0.5, 0.6) is 0 Å². The Bertz CT molecular complexity index is 1180. The predicted octanol–water partition coefficient (Wildman–Crippen LogP) is 1.22. The van der Waals surface area contributed by atoms with Crippen LogP contribution in [0.2, 0.25) is 0 Å². The van der Waals surface area contributed by atoms with Gasteiger partial charge in [0.1, 0.15) is 18.0 Å². The van der Waals surface area contributed by atoms with Gasteiger partial charge in [0, 0.05) is 17.9 Å². The van der Waals surface area contributed by atoms with Crippen molar-refractivity contribution in [3.8, 4) is 0 Å². The third-order valence-corrected chi connectivity index (χ3v) is 7.31. The van der Waals surface area contributed by atoms with Crippen LogP contribution in [0.3, 0.4) is 0 Å². The number of nitro benzene ring substituents is 1. The molecule has 2 aromatic rings. The molecule has 4 rings (SSSR count). The quantitative estimate of drug-likeness (QED) is 0.206. The number of carbonyl (C=O) groups is 3. The highest BCUT2D eigenvalue weighted by atomic mass is 32.2. The molecule has 2 amide bonds. The summed E-state index contributed by atoms with van der Waals surface area (Å²) in [5, 5.41) is 12.5. The van der Waals surface area contributed by atoms with Crippen LogP contribution in [-0.4, -0.2) is 55.0 Å². The van der Waals surface area contributed by atoms with Crippen molar-refractivity contribution in [1.29, 1.82) is 0 Å². The highest BCUT2D eigenvalue weighted by Crippen LogP contribution is 2.35. The summed E-state index contributed by atoms with van der Waals surface area (Å²) in [7, 11) is -1.54. The minimum Gasteiger partial charge on any atom is -0.459 e. The van der Waals surface area contributed by atoms with Crippen LogP contribution in [0.4, 0.5) is 5.69 Å². The molecule has 34 heavy (non-hydrogen) atoms. The summed E-state index contributed by atoms with van der Waals surface area (Å²) in [6.07, 6.45) is 0.0669. The highest BCUT2D eigenvalue weighted by molar-refractivity contribution is 7.86. The van der Waals surface area contributed by atoms with Crippen LogP contribution >= 0.6 is 0 Å². The van der Waals surface area contributed by atoms with E-state index in [1.54, 1.807) is 24.3 Å². The van der Waals surface area contributed by atoms with Gasteiger partial charge in [-0.15, -0.1) is 0 Å². The third-order valence-electron chi connectivity index (χ3n) is 5.62. The van der Waals surface area contributed by atoms with Crippen LogP contribution in [-0.2, 0) is 42.9 Å². The molecule has 0 bridgehead atoms. The molecule has 2 aliphatic heterocycles. The van der Waals surface area contributed by atoms with E-state index in [0.717, 1.165) is 10.5 Å². The molecule has 0 radical (unpaired) electrons. The Labute approximate surface area is 197 Å². The van der Waals surface area contributed by atoms with Gasteiger partial charge in [-0.3, -0.25) is 23.9 Å². The summed E-state index contributed by atoms with van der Waals surface area (Å²) in [5.74, 6) is -1.66. The van der Waals surface area contributed by atoms with Gasteiger partial charge in [0.25, 0.3) is 5.69 Å². The first-order valence-electron chi connectivity index (χ1n) is 10.4. The maximum atomic E-state index is 12.8. The van der Waals surface area contributed by atoms with Crippen molar-refractivity contribution in [2.45, 2.75) is 30.5 Å². The molecular formula is C23H21N3O7S. The lowest BCUT2D eigenvalue weighted by molar-refractivity contribution is -0.384. The number of non-ortho nitro benzene ring substituents is 1. The smallest absolute Gasteiger partial charge is 0.333 e. The van der Waals surface area contributed by atoms with Gasteiger partial charge < -0.3 is 15.0 Å². The van der Waals surface area contributed by atoms with E-state index in [9.17, 15) is 28.7 Å². The third kappa shape index (κ3) is 4.60. The van der Waals surface area contributed by atoms with Gasteiger partial charge in [-0.05, 0) is 28.8 Å². The number of ether oxygens (including phenoxy) is 1. The number of carbonyl (C=O) groups excluding carboxylic acids is 3. The maximum absolute atomic E-state index is 12.8. The topological polar surface area (TPSA) is 136 Å². The van der Waals surface area contributed by atoms with Crippen LogP contribution in [0.1, 0.15) is 11.1 Å². The fraction of sp³-hybridized carbons (Fsp3) is 0.261. The first kappa shape index (κ1) is 23.3. The molecule has 2 saturated heterocycles. The lowest BCUT2D eigenvalue weighted by atomic mass is 9.98. The molecule has 0 aromatic heterocycles. The zero-order chi connectivity index (χ0) is 24.4. The van der Waals surface area contributed by atoms with Crippen molar-refractivity contribution in [1.82, 2.24) is 10.2 Å². The van der Waals surface area contributed by atoms with E-state index in [4.69, 9.17) is 4.74 Å². The van der Waals surface area contributed by atoms with Crippen molar-refractivity contribution in [2.75, 3.05) is 5.75 Å². The summed E-state index contributed by atoms with van der Waals surface area (Å²) >= 11 is 0. The second-order valence-electron chi connectivity index (χ2n) is 7.96. The zero-order valence-corrected chi connectivity index (χ0v) is 18.7. The Kier molecular flexibility index (Phi) is 6.55. The Morgan fingerprint density at radius 1 is 1.15 bits per heavy atom. The van der Waals surface area contributed by atoms with Gasteiger partial charge >= 0.3 is 5.97 Å². The van der Waals surface area contributed by atoms with E-state index in [1.807, 2.05) is 6.07 Å². The molecular weight excluding hydrogens is 462 g/mol. The monoisotopic (exact) mass is 483 g/mol. The van der Waals surface area contributed by atoms with Gasteiger partial charge in [0.15, 0.2) is 6.04 Å². The van der Waals surface area contributed by atoms with Gasteiger partial charge in [0.05, 0.1) is 22.1 Å². The minimum atomic E-state index is -1.54. The molecule has 0 saturated carbocycles. The predicted molar refractivity (Wildman–Crippen MR) is 122 cm³/mol. The van der Waals surface area contributed by atoms with E-state index in [2.05, 4.69) is 11.9 Å². The molecule has 1 N–H and O–H groups in total. The molecule has 10 nitrogen and oxygen atoms in total. The first-order chi connectivity index (χ1) is 16.3. The largest absolute Gasteiger partial charge is 0.459 e. The number of hydrogen-bond acceptors (Lipinski definition) is 7. The van der Waals surface area contributed by atoms with Crippen molar-refractivity contribution in [3.63, 3.8) is 0 Å². The van der Waals surface area contributed by atoms with E-state index in [-0.39, 0.29) is 35.9 Å². The lowest BCUT2D eigenvalue weighted by Gasteiger charge is -2.52. The summed E-state index contributed by atoms with van der Waals surface area (Å²) < 4.78 is 18.0. The van der Waals surface area contributed by atoms with Crippen LogP contribution < -0.4 is 5.32 Å². The number of nitrogens with one attached hydrogen (secondary N) is 1. The normalized spacial score (nSPS) is 23.5. The van der Waals surface area contributed by atoms with Gasteiger partial charge in [-0.2, -0.15) is 0 Å². The molecule has 0 spiro atoms. The molecule has 176 valence electrons. The number of β-lactam (4-membered cyclic amide) rings is 1. The number of esters is 1. The standard InChI is InChI=1S/C23H21N3O7S/c1-14-13-34(32)22-19(24-18(27)11-15-5-3-2-4-6-15)21(28)25(22)20(14)23(29)33-12-16-7-9-17(10-8-16)26(30)31/h2-10,19-20,22H,1,11-13H2,(H,24,27)/t19-,20-,22-,34?/m1/s1. The lowest BCUT2D eigenvalue weighted by Crippen LogP contribution is -2.77. The number of nitrogens with zero attached hydrogens (tertiary/aromatic N) is 2. The number of hydrogen-bond donors (Lipinski definition) is 1. The fourth-order valence-electron chi connectivity index (χ4n) is 3.95. The van der Waals surface area contributed by atoms with Crippen LogP contribution in [0.25, 0.3) is 0 Å². The molecule has 2 aromatic carbocycles. The van der Waals surface area contributed by atoms with E-state index >= 15 is 0 Å². The highest BCUT2D eigenvalue weighted by Gasteiger charge is 2.59. The maximum Gasteiger partial charge on any atom is 0.333 e. The zero-order valence-electron chi connectivity index (χ0n) is 17.9. The first-order valence-corrected chi connectivity index (χ1v) is 11.7. The number of rotatable bonds is 7. The molecule has 2 aliphatic rings. The van der Waals surface area contributed by atoms with Gasteiger partial charge in [-0.1, -0.05) is 36.9 Å². The Morgan fingerprint density at radius 2 is 1.82 bits per heavy atom. The second kappa shape index (κ2) is 9.56. The van der Waals surface area contributed by atoms with Crippen LogP contribution in [0.15, 0.2) is 66.7 Å². The summed E-state index contributed by atoms with van der Waals surface area (Å²) in [6, 6.07) is 12.4. The Hall–Kier alpha value is -3.86. The number of nitro groups is 1. The van der Waals surface area contributed by atoms with Crippen LogP contribution in [0, 0.1) is 10.1 Å². The Balaban J connectivity index is 1.40. The summed E-state index contributed by atoms with van der Waals surface area (Å²) in [4.78, 5) is 49.4. The average molecular weight is 484 g/mol. The molecule has 4 atom stereocenters. The summed E-state index contributed by atoms with van der Waals surface area (Å²) in [6.45, 7) is 3.64. The second-order valence-corrected chi connectivity index (χ2v) is 9.49. The minimum absolute atomic E-state index is 0.00317. The van der Waals surface area contributed by atoms with Gasteiger partial charge in [-0.25, -0.2) is 4.79 Å². The van der Waals surface area contributed by atoms with Crippen molar-refractivity contribution in [3.05, 3.63) is 88.0 Å². The molecule has 0 aliphatic carbocycles. The Morgan fingerprint density at radius 3 is 2.47 bits per heavy atom. The molecule has 11 heteroatoms. The van der Waals surface area contributed by atoms with Gasteiger partial charge in [0.2, 0.25) is 11.8 Å². The van der Waals surface area contributed by atoms with E-state index in [0.29, 0.717) is 5.56 Å². The van der Waals surface area contributed by atoms with Crippen molar-refractivity contribution < 1.29 is 28.3 Å².